The van der Waals surface area contributed by atoms with Crippen molar-refractivity contribution in [1.29, 1.82) is 5.41 Å². The topological polar surface area (TPSA) is 50.9 Å². The molecule has 0 fully saturated rings. The highest BCUT2D eigenvalue weighted by Gasteiger charge is 2.09. The van der Waals surface area contributed by atoms with Crippen LogP contribution in [0.1, 0.15) is 10.7 Å². The molecule has 0 aliphatic carbocycles. The number of ether oxygens (including phenoxy) is 1. The van der Waals surface area contributed by atoms with E-state index in [-0.39, 0.29) is 5.90 Å². The lowest BCUT2D eigenvalue weighted by molar-refractivity contribution is 0.395. The molecule has 78 valence electrons. The van der Waals surface area contributed by atoms with E-state index >= 15 is 0 Å². The molecule has 4 nitrogen and oxygen atoms in total. The Labute approximate surface area is 91.7 Å². The summed E-state index contributed by atoms with van der Waals surface area (Å²) in [7, 11) is 1.48. The van der Waals surface area contributed by atoms with E-state index in [1.807, 2.05) is 22.2 Å². The SMILES string of the molecule is COC(=N)c1nccn1Cc1cccs1. The minimum Gasteiger partial charge on any atom is -0.479 e. The molecule has 0 aliphatic heterocycles. The van der Waals surface area contributed by atoms with E-state index in [0.717, 1.165) is 6.54 Å². The summed E-state index contributed by atoms with van der Waals surface area (Å²) in [6.45, 7) is 0.735. The van der Waals surface area contributed by atoms with E-state index in [1.54, 1.807) is 17.5 Å². The molecular weight excluding hydrogens is 210 g/mol. The fraction of sp³-hybridized carbons (Fsp3) is 0.200. The van der Waals surface area contributed by atoms with Gasteiger partial charge < -0.3 is 9.30 Å². The second kappa shape index (κ2) is 4.27. The first kappa shape index (κ1) is 9.92. The molecule has 0 amide bonds. The van der Waals surface area contributed by atoms with Crippen LogP contribution < -0.4 is 0 Å². The Morgan fingerprint density at radius 3 is 3.20 bits per heavy atom. The van der Waals surface area contributed by atoms with Crippen LogP contribution in [-0.4, -0.2) is 22.6 Å². The van der Waals surface area contributed by atoms with Crippen molar-refractivity contribution >= 4 is 17.2 Å². The van der Waals surface area contributed by atoms with E-state index in [1.165, 1.54) is 12.0 Å². The number of rotatable bonds is 3. The van der Waals surface area contributed by atoms with Crippen LogP contribution in [-0.2, 0) is 11.3 Å². The molecular formula is C10H11N3OS. The number of hydrogen-bond acceptors (Lipinski definition) is 4. The summed E-state index contributed by atoms with van der Waals surface area (Å²) in [4.78, 5) is 5.32. The summed E-state index contributed by atoms with van der Waals surface area (Å²) < 4.78 is 6.76. The molecule has 0 bridgehead atoms. The third-order valence-corrected chi connectivity index (χ3v) is 2.89. The van der Waals surface area contributed by atoms with Crippen LogP contribution in [0.3, 0.4) is 0 Å². The highest BCUT2D eigenvalue weighted by Crippen LogP contribution is 2.12. The van der Waals surface area contributed by atoms with Gasteiger partial charge in [-0.3, -0.25) is 5.41 Å². The van der Waals surface area contributed by atoms with Gasteiger partial charge in [-0.2, -0.15) is 0 Å². The number of nitrogens with zero attached hydrogens (tertiary/aromatic N) is 2. The van der Waals surface area contributed by atoms with Crippen molar-refractivity contribution in [3.8, 4) is 0 Å². The van der Waals surface area contributed by atoms with Crippen molar-refractivity contribution in [3.63, 3.8) is 0 Å². The van der Waals surface area contributed by atoms with Gasteiger partial charge in [0.2, 0.25) is 5.90 Å². The average molecular weight is 221 g/mol. The molecule has 0 unspecified atom stereocenters. The van der Waals surface area contributed by atoms with E-state index in [4.69, 9.17) is 10.1 Å². The van der Waals surface area contributed by atoms with Crippen molar-refractivity contribution in [2.75, 3.05) is 7.11 Å². The molecule has 0 atom stereocenters. The predicted molar refractivity (Wildman–Crippen MR) is 59.5 cm³/mol. The van der Waals surface area contributed by atoms with Gasteiger partial charge in [0.05, 0.1) is 13.7 Å². The van der Waals surface area contributed by atoms with Crippen LogP contribution >= 0.6 is 11.3 Å². The zero-order valence-electron chi connectivity index (χ0n) is 8.30. The van der Waals surface area contributed by atoms with Crippen molar-refractivity contribution in [2.24, 2.45) is 0 Å². The van der Waals surface area contributed by atoms with Crippen LogP contribution in [0.5, 0.6) is 0 Å². The summed E-state index contributed by atoms with van der Waals surface area (Å²) in [6, 6.07) is 4.07. The molecule has 2 heterocycles. The van der Waals surface area contributed by atoms with Gasteiger partial charge in [0.25, 0.3) is 0 Å². The Kier molecular flexibility index (Phi) is 2.82. The largest absolute Gasteiger partial charge is 0.479 e. The first-order valence-electron chi connectivity index (χ1n) is 4.47. The lowest BCUT2D eigenvalue weighted by Gasteiger charge is -2.05. The first-order chi connectivity index (χ1) is 7.31. The summed E-state index contributed by atoms with van der Waals surface area (Å²) in [5.74, 6) is 0.655. The summed E-state index contributed by atoms with van der Waals surface area (Å²) in [6.07, 6.45) is 3.53. The standard InChI is InChI=1S/C10H11N3OS/c1-14-9(11)10-12-4-5-13(10)7-8-3-2-6-15-8/h2-6,11H,7H2,1H3. The van der Waals surface area contributed by atoms with E-state index in [0.29, 0.717) is 5.82 Å². The van der Waals surface area contributed by atoms with Gasteiger partial charge in [0, 0.05) is 17.3 Å². The molecule has 2 aromatic rings. The van der Waals surface area contributed by atoms with Crippen LogP contribution in [0.4, 0.5) is 0 Å². The fourth-order valence-electron chi connectivity index (χ4n) is 1.31. The van der Waals surface area contributed by atoms with Gasteiger partial charge in [-0.15, -0.1) is 11.3 Å². The maximum absolute atomic E-state index is 7.56. The number of imidazole rings is 1. The van der Waals surface area contributed by atoms with E-state index in [9.17, 15) is 0 Å². The molecule has 2 rings (SSSR count). The molecule has 0 radical (unpaired) electrons. The van der Waals surface area contributed by atoms with Gasteiger partial charge in [-0.05, 0) is 11.4 Å². The lowest BCUT2D eigenvalue weighted by atomic mass is 10.4. The number of nitrogens with one attached hydrogen (secondary N) is 1. The third kappa shape index (κ3) is 2.07. The zero-order chi connectivity index (χ0) is 10.7. The number of methoxy groups -OCH3 is 1. The van der Waals surface area contributed by atoms with Gasteiger partial charge in [0.1, 0.15) is 0 Å². The smallest absolute Gasteiger partial charge is 0.250 e. The highest BCUT2D eigenvalue weighted by molar-refractivity contribution is 7.09. The van der Waals surface area contributed by atoms with Crippen LogP contribution in [0.15, 0.2) is 29.9 Å². The lowest BCUT2D eigenvalue weighted by Crippen LogP contribution is -2.11. The van der Waals surface area contributed by atoms with Crippen molar-refractivity contribution in [1.82, 2.24) is 9.55 Å². The molecule has 2 aromatic heterocycles. The molecule has 0 aromatic carbocycles. The van der Waals surface area contributed by atoms with Crippen LogP contribution in [0.25, 0.3) is 0 Å². The molecule has 0 spiro atoms. The Hall–Kier alpha value is -1.62. The van der Waals surface area contributed by atoms with Gasteiger partial charge >= 0.3 is 0 Å². The first-order valence-corrected chi connectivity index (χ1v) is 5.35. The Morgan fingerprint density at radius 1 is 1.67 bits per heavy atom. The summed E-state index contributed by atoms with van der Waals surface area (Å²) in [5, 5.41) is 9.60. The van der Waals surface area contributed by atoms with Gasteiger partial charge in [-0.1, -0.05) is 6.07 Å². The molecule has 0 saturated heterocycles. The van der Waals surface area contributed by atoms with E-state index < -0.39 is 0 Å². The minimum atomic E-state index is 0.0940. The second-order valence-electron chi connectivity index (χ2n) is 2.99. The average Bonchev–Trinajstić information content (AvgIpc) is 2.88. The number of hydrogen-bond donors (Lipinski definition) is 1. The fourth-order valence-corrected chi connectivity index (χ4v) is 2.01. The molecule has 15 heavy (non-hydrogen) atoms. The van der Waals surface area contributed by atoms with Crippen molar-refractivity contribution < 1.29 is 4.74 Å². The number of thiophene rings is 1. The molecule has 0 saturated carbocycles. The number of aromatic nitrogens is 2. The van der Waals surface area contributed by atoms with Gasteiger partial charge in [0.15, 0.2) is 5.82 Å². The quantitative estimate of drug-likeness (QED) is 0.636. The third-order valence-electron chi connectivity index (χ3n) is 2.03. The maximum atomic E-state index is 7.56. The van der Waals surface area contributed by atoms with E-state index in [2.05, 4.69) is 11.1 Å². The van der Waals surface area contributed by atoms with Crippen molar-refractivity contribution in [3.05, 3.63) is 40.6 Å². The highest BCUT2D eigenvalue weighted by atomic mass is 32.1. The maximum Gasteiger partial charge on any atom is 0.250 e. The minimum absolute atomic E-state index is 0.0940. The van der Waals surface area contributed by atoms with Gasteiger partial charge in [-0.25, -0.2) is 4.98 Å². The molecule has 1 N–H and O–H groups in total. The van der Waals surface area contributed by atoms with Crippen LogP contribution in [0, 0.1) is 5.41 Å². The summed E-state index contributed by atoms with van der Waals surface area (Å²) in [5.41, 5.74) is 0. The predicted octanol–water partition coefficient (Wildman–Crippen LogP) is 1.96. The molecule has 0 aliphatic rings. The summed E-state index contributed by atoms with van der Waals surface area (Å²) >= 11 is 1.69. The monoisotopic (exact) mass is 221 g/mol. The Balaban J connectivity index is 2.22. The zero-order valence-corrected chi connectivity index (χ0v) is 9.12. The Morgan fingerprint density at radius 2 is 2.53 bits per heavy atom. The van der Waals surface area contributed by atoms with Crippen LogP contribution in [0.2, 0.25) is 0 Å². The van der Waals surface area contributed by atoms with Crippen molar-refractivity contribution in [2.45, 2.75) is 6.54 Å². The second-order valence-corrected chi connectivity index (χ2v) is 4.02. The Bertz CT molecular complexity index is 447. The normalized spacial score (nSPS) is 10.2. The molecule has 5 heteroatoms.